The molecule has 34 heavy (non-hydrogen) atoms. The average molecular weight is 500 g/mol. The van der Waals surface area contributed by atoms with Crippen LogP contribution in [0.15, 0.2) is 42.9 Å². The van der Waals surface area contributed by atoms with Gasteiger partial charge < -0.3 is 20.1 Å². The molecule has 0 aliphatic carbocycles. The fourth-order valence-corrected chi connectivity index (χ4v) is 4.80. The first kappa shape index (κ1) is 24.1. The molecule has 7 nitrogen and oxygen atoms in total. The lowest BCUT2D eigenvalue weighted by molar-refractivity contribution is 0.216. The highest BCUT2D eigenvalue weighted by Crippen LogP contribution is 2.39. The highest BCUT2D eigenvalue weighted by molar-refractivity contribution is 6.35. The summed E-state index contributed by atoms with van der Waals surface area (Å²) in [4.78, 5) is 10.8. The Labute approximate surface area is 209 Å². The van der Waals surface area contributed by atoms with Crippen LogP contribution in [-0.4, -0.2) is 35.9 Å². The Balaban J connectivity index is 1.60. The molecule has 0 bridgehead atoms. The van der Waals surface area contributed by atoms with Crippen molar-refractivity contribution in [2.75, 3.05) is 30.8 Å². The van der Waals surface area contributed by atoms with Crippen molar-refractivity contribution in [1.29, 1.82) is 5.41 Å². The van der Waals surface area contributed by atoms with Crippen LogP contribution >= 0.6 is 23.2 Å². The molecule has 0 unspecified atom stereocenters. The first-order valence-corrected chi connectivity index (χ1v) is 11.6. The van der Waals surface area contributed by atoms with E-state index in [1.807, 2.05) is 19.1 Å². The quantitative estimate of drug-likeness (QED) is 0.316. The van der Waals surface area contributed by atoms with Crippen molar-refractivity contribution in [1.82, 2.24) is 9.97 Å². The number of hydrogen-bond donors (Lipinski definition) is 2. The predicted octanol–water partition coefficient (Wildman–Crippen LogP) is 5.78. The molecule has 1 atom stereocenters. The highest BCUT2D eigenvalue weighted by Gasteiger charge is 2.34. The summed E-state index contributed by atoms with van der Waals surface area (Å²) in [6, 6.07) is 7.17. The molecule has 1 fully saturated rings. The third-order valence-corrected chi connectivity index (χ3v) is 6.41. The standard InChI is InChI=1S/C25H27Cl2N5O2/c1-14(23-17(26)10-30-11-18(23)27)34-21-7-16(19(28)8-20(21)33-4)24(29)15-5-6-22(31-9-15)32-12-25(2,3)13-32/h5-11,14,29H,12-13,28H2,1-4H3/t14-/m1/s1. The van der Waals surface area contributed by atoms with E-state index < -0.39 is 6.10 Å². The molecule has 178 valence electrons. The van der Waals surface area contributed by atoms with Gasteiger partial charge in [-0.3, -0.25) is 10.4 Å². The molecular formula is C25H27Cl2N5O2. The van der Waals surface area contributed by atoms with Crippen molar-refractivity contribution < 1.29 is 9.47 Å². The lowest BCUT2D eigenvalue weighted by Crippen LogP contribution is -2.53. The van der Waals surface area contributed by atoms with Gasteiger partial charge in [-0.25, -0.2) is 4.98 Å². The number of ether oxygens (including phenoxy) is 2. The van der Waals surface area contributed by atoms with Gasteiger partial charge in [-0.1, -0.05) is 37.0 Å². The number of aromatic nitrogens is 2. The molecule has 2 aromatic heterocycles. The lowest BCUT2D eigenvalue weighted by atomic mass is 9.84. The summed E-state index contributed by atoms with van der Waals surface area (Å²) >= 11 is 12.6. The van der Waals surface area contributed by atoms with Crippen LogP contribution in [0.2, 0.25) is 10.0 Å². The van der Waals surface area contributed by atoms with Gasteiger partial charge in [0.1, 0.15) is 11.9 Å². The van der Waals surface area contributed by atoms with Crippen LogP contribution in [0.3, 0.4) is 0 Å². The summed E-state index contributed by atoms with van der Waals surface area (Å²) in [5.74, 6) is 1.76. The van der Waals surface area contributed by atoms with Crippen molar-refractivity contribution in [2.24, 2.45) is 5.41 Å². The van der Waals surface area contributed by atoms with Gasteiger partial charge in [0.05, 0.1) is 22.9 Å². The SMILES string of the molecule is COc1cc(N)c(C(=N)c2ccc(N3CC(C)(C)C3)nc2)cc1O[C@H](C)c1c(Cl)cncc1Cl. The first-order chi connectivity index (χ1) is 16.1. The first-order valence-electron chi connectivity index (χ1n) is 10.8. The molecule has 1 aliphatic heterocycles. The Morgan fingerprint density at radius 1 is 1.12 bits per heavy atom. The highest BCUT2D eigenvalue weighted by atomic mass is 35.5. The summed E-state index contributed by atoms with van der Waals surface area (Å²) in [6.07, 6.45) is 4.24. The molecule has 4 rings (SSSR count). The Morgan fingerprint density at radius 3 is 2.35 bits per heavy atom. The molecule has 0 radical (unpaired) electrons. The summed E-state index contributed by atoms with van der Waals surface area (Å²) in [5, 5.41) is 9.57. The molecule has 3 N–H and O–H groups in total. The van der Waals surface area contributed by atoms with Crippen molar-refractivity contribution >= 4 is 40.4 Å². The average Bonchev–Trinajstić information content (AvgIpc) is 2.78. The summed E-state index contributed by atoms with van der Waals surface area (Å²) < 4.78 is 11.6. The predicted molar refractivity (Wildman–Crippen MR) is 137 cm³/mol. The van der Waals surface area contributed by atoms with E-state index in [1.54, 1.807) is 18.3 Å². The molecule has 1 saturated heterocycles. The van der Waals surface area contributed by atoms with Gasteiger partial charge in [0.15, 0.2) is 11.5 Å². The van der Waals surface area contributed by atoms with Crippen LogP contribution in [0.1, 0.15) is 43.6 Å². The number of rotatable bonds is 7. The van der Waals surface area contributed by atoms with E-state index in [-0.39, 0.29) is 5.71 Å². The number of halogens is 2. The Hall–Kier alpha value is -3.03. The number of anilines is 2. The van der Waals surface area contributed by atoms with E-state index in [1.165, 1.54) is 19.5 Å². The van der Waals surface area contributed by atoms with Gasteiger partial charge in [-0.05, 0) is 30.5 Å². The molecule has 1 aliphatic rings. The Morgan fingerprint density at radius 2 is 1.79 bits per heavy atom. The fourth-order valence-electron chi connectivity index (χ4n) is 4.13. The number of nitrogens with zero attached hydrogens (tertiary/aromatic N) is 3. The molecule has 0 spiro atoms. The van der Waals surface area contributed by atoms with Gasteiger partial charge in [-0.15, -0.1) is 0 Å². The van der Waals surface area contributed by atoms with Crippen LogP contribution < -0.4 is 20.1 Å². The molecule has 0 saturated carbocycles. The molecule has 3 aromatic rings. The van der Waals surface area contributed by atoms with Crippen LogP contribution in [-0.2, 0) is 0 Å². The maximum Gasteiger partial charge on any atom is 0.162 e. The summed E-state index contributed by atoms with van der Waals surface area (Å²) in [6.45, 7) is 8.22. The number of benzene rings is 1. The zero-order valence-corrected chi connectivity index (χ0v) is 21.0. The maximum absolute atomic E-state index is 8.77. The second-order valence-corrected chi connectivity index (χ2v) is 9.98. The number of methoxy groups -OCH3 is 1. The number of hydrogen-bond acceptors (Lipinski definition) is 7. The largest absolute Gasteiger partial charge is 0.493 e. The third-order valence-electron chi connectivity index (χ3n) is 5.80. The minimum atomic E-state index is -0.496. The normalized spacial score (nSPS) is 15.4. The van der Waals surface area contributed by atoms with E-state index in [4.69, 9.17) is 43.8 Å². The van der Waals surface area contributed by atoms with Gasteiger partial charge in [0.25, 0.3) is 0 Å². The van der Waals surface area contributed by atoms with E-state index >= 15 is 0 Å². The zero-order valence-electron chi connectivity index (χ0n) is 19.5. The van der Waals surface area contributed by atoms with Crippen molar-refractivity contribution in [3.05, 3.63) is 69.6 Å². The molecule has 1 aromatic carbocycles. The van der Waals surface area contributed by atoms with Crippen molar-refractivity contribution in [3.8, 4) is 11.5 Å². The summed E-state index contributed by atoms with van der Waals surface area (Å²) in [5.41, 5.74) is 9.00. The molecule has 0 amide bonds. The number of nitrogen functional groups attached to an aromatic ring is 1. The Kier molecular flexibility index (Phi) is 6.60. The van der Waals surface area contributed by atoms with E-state index in [0.717, 1.165) is 18.9 Å². The fraction of sp³-hybridized carbons (Fsp3) is 0.320. The van der Waals surface area contributed by atoms with Crippen molar-refractivity contribution in [3.63, 3.8) is 0 Å². The molecular weight excluding hydrogens is 473 g/mol. The van der Waals surface area contributed by atoms with Crippen molar-refractivity contribution in [2.45, 2.75) is 26.9 Å². The van der Waals surface area contributed by atoms with Gasteiger partial charge in [-0.2, -0.15) is 0 Å². The summed E-state index contributed by atoms with van der Waals surface area (Å²) in [7, 11) is 1.53. The van der Waals surface area contributed by atoms with E-state index in [9.17, 15) is 0 Å². The maximum atomic E-state index is 8.77. The van der Waals surface area contributed by atoms with Gasteiger partial charge in [0.2, 0.25) is 0 Å². The zero-order chi connectivity index (χ0) is 24.6. The minimum absolute atomic E-state index is 0.237. The number of pyridine rings is 2. The smallest absolute Gasteiger partial charge is 0.162 e. The lowest BCUT2D eigenvalue weighted by Gasteiger charge is -2.46. The molecule has 3 heterocycles. The number of nitrogens with two attached hydrogens (primary N) is 1. The third kappa shape index (κ3) is 4.76. The van der Waals surface area contributed by atoms with Crippen LogP contribution in [0, 0.1) is 10.8 Å². The van der Waals surface area contributed by atoms with Gasteiger partial charge >= 0.3 is 0 Å². The van der Waals surface area contributed by atoms with E-state index in [2.05, 4.69) is 28.7 Å². The van der Waals surface area contributed by atoms with Crippen LogP contribution in [0.25, 0.3) is 0 Å². The number of nitrogens with one attached hydrogen (secondary N) is 1. The minimum Gasteiger partial charge on any atom is -0.493 e. The topological polar surface area (TPSA) is 97.4 Å². The van der Waals surface area contributed by atoms with E-state index in [0.29, 0.717) is 49.3 Å². The van der Waals surface area contributed by atoms with Crippen LogP contribution in [0.4, 0.5) is 11.5 Å². The second kappa shape index (κ2) is 9.31. The van der Waals surface area contributed by atoms with Crippen LogP contribution in [0.5, 0.6) is 11.5 Å². The Bertz CT molecular complexity index is 1200. The van der Waals surface area contributed by atoms with Gasteiger partial charge in [0, 0.05) is 60.1 Å². The monoisotopic (exact) mass is 499 g/mol. The molecule has 9 heteroatoms. The second-order valence-electron chi connectivity index (χ2n) is 9.17.